The number of amidine groups is 1. The molecule has 0 bridgehead atoms. The molecule has 0 amide bonds. The molecule has 1 heterocycles. The molecular weight excluding hydrogens is 266 g/mol. The average molecular weight is 284 g/mol. The lowest BCUT2D eigenvalue weighted by molar-refractivity contribution is -0.0276. The van der Waals surface area contributed by atoms with E-state index in [-0.39, 0.29) is 11.4 Å². The van der Waals surface area contributed by atoms with Crippen molar-refractivity contribution >= 4 is 23.1 Å². The van der Waals surface area contributed by atoms with E-state index in [1.165, 1.54) is 0 Å². The number of halogens is 1. The van der Waals surface area contributed by atoms with Gasteiger partial charge in [-0.3, -0.25) is 0 Å². The van der Waals surface area contributed by atoms with E-state index in [4.69, 9.17) is 27.3 Å². The molecule has 3 N–H and O–H groups in total. The molecule has 5 nitrogen and oxygen atoms in total. The van der Waals surface area contributed by atoms with Crippen molar-refractivity contribution in [1.29, 1.82) is 0 Å². The number of oxime groups is 1. The van der Waals surface area contributed by atoms with Gasteiger partial charge in [0.15, 0.2) is 5.84 Å². The van der Waals surface area contributed by atoms with Crippen LogP contribution in [0, 0.1) is 0 Å². The Morgan fingerprint density at radius 1 is 1.53 bits per heavy atom. The molecule has 0 spiro atoms. The molecule has 0 aliphatic carbocycles. The van der Waals surface area contributed by atoms with Crippen LogP contribution in [0.4, 0.5) is 5.69 Å². The molecule has 19 heavy (non-hydrogen) atoms. The summed E-state index contributed by atoms with van der Waals surface area (Å²) in [6.07, 6.45) is 0. The quantitative estimate of drug-likeness (QED) is 0.377. The summed E-state index contributed by atoms with van der Waals surface area (Å²) in [6, 6.07) is 5.51. The zero-order valence-corrected chi connectivity index (χ0v) is 11.8. The van der Waals surface area contributed by atoms with Crippen molar-refractivity contribution in [1.82, 2.24) is 0 Å². The highest BCUT2D eigenvalue weighted by molar-refractivity contribution is 6.34. The Bertz CT molecular complexity index is 503. The second kappa shape index (κ2) is 5.27. The van der Waals surface area contributed by atoms with E-state index in [0.717, 1.165) is 18.8 Å². The van der Waals surface area contributed by atoms with Crippen molar-refractivity contribution in [3.63, 3.8) is 0 Å². The van der Waals surface area contributed by atoms with Gasteiger partial charge in [-0.2, -0.15) is 0 Å². The Morgan fingerprint density at radius 3 is 2.84 bits per heavy atom. The van der Waals surface area contributed by atoms with Gasteiger partial charge in [0.05, 0.1) is 17.2 Å². The smallest absolute Gasteiger partial charge is 0.171 e. The van der Waals surface area contributed by atoms with Gasteiger partial charge in [-0.25, -0.2) is 0 Å². The molecule has 0 aromatic heterocycles. The maximum Gasteiger partial charge on any atom is 0.171 e. The maximum absolute atomic E-state index is 8.68. The van der Waals surface area contributed by atoms with E-state index in [1.807, 2.05) is 12.1 Å². The Labute approximate surface area is 117 Å². The molecule has 6 heteroatoms. The maximum atomic E-state index is 8.68. The number of benzene rings is 1. The summed E-state index contributed by atoms with van der Waals surface area (Å²) in [5.41, 5.74) is 6.92. The number of rotatable bonds is 2. The lowest BCUT2D eigenvalue weighted by Gasteiger charge is -2.39. The van der Waals surface area contributed by atoms with E-state index >= 15 is 0 Å². The van der Waals surface area contributed by atoms with Gasteiger partial charge >= 0.3 is 0 Å². The normalized spacial score (nSPS) is 19.5. The third-order valence-corrected chi connectivity index (χ3v) is 3.44. The molecule has 0 radical (unpaired) electrons. The predicted octanol–water partition coefficient (Wildman–Crippen LogP) is 2.05. The van der Waals surface area contributed by atoms with Crippen molar-refractivity contribution in [2.75, 3.05) is 24.6 Å². The Morgan fingerprint density at radius 2 is 2.26 bits per heavy atom. The minimum Gasteiger partial charge on any atom is -0.409 e. The van der Waals surface area contributed by atoms with Crippen LogP contribution in [0.3, 0.4) is 0 Å². The molecule has 1 fully saturated rings. The molecular formula is C13H18ClN3O2. The summed E-state index contributed by atoms with van der Waals surface area (Å²) in [6.45, 7) is 6.43. The van der Waals surface area contributed by atoms with E-state index in [2.05, 4.69) is 23.9 Å². The third-order valence-electron chi connectivity index (χ3n) is 3.13. The highest BCUT2D eigenvalue weighted by Crippen LogP contribution is 2.27. The van der Waals surface area contributed by atoms with Gasteiger partial charge in [-0.05, 0) is 32.0 Å². The molecule has 0 atom stereocenters. The Balaban J connectivity index is 2.25. The predicted molar refractivity (Wildman–Crippen MR) is 76.2 cm³/mol. The van der Waals surface area contributed by atoms with Crippen LogP contribution in [0.1, 0.15) is 19.4 Å². The monoisotopic (exact) mass is 283 g/mol. The second-order valence-corrected chi connectivity index (χ2v) is 5.59. The highest BCUT2D eigenvalue weighted by Gasteiger charge is 2.27. The fourth-order valence-corrected chi connectivity index (χ4v) is 2.47. The number of anilines is 1. The number of morpholine rings is 1. The van der Waals surface area contributed by atoms with Crippen molar-refractivity contribution in [3.05, 3.63) is 28.8 Å². The molecule has 1 aromatic carbocycles. The third kappa shape index (κ3) is 3.11. The molecule has 2 rings (SSSR count). The van der Waals surface area contributed by atoms with Gasteiger partial charge in [0.2, 0.25) is 0 Å². The molecule has 0 saturated carbocycles. The number of ether oxygens (including phenoxy) is 1. The average Bonchev–Trinajstić information content (AvgIpc) is 2.36. The lowest BCUT2D eigenvalue weighted by Crippen LogP contribution is -2.48. The van der Waals surface area contributed by atoms with E-state index in [1.54, 1.807) is 6.07 Å². The zero-order valence-electron chi connectivity index (χ0n) is 11.1. The van der Waals surface area contributed by atoms with Crippen LogP contribution < -0.4 is 10.6 Å². The van der Waals surface area contributed by atoms with Crippen molar-refractivity contribution in [2.45, 2.75) is 19.4 Å². The van der Waals surface area contributed by atoms with Gasteiger partial charge < -0.3 is 20.6 Å². The molecule has 0 unspecified atom stereocenters. The van der Waals surface area contributed by atoms with Gasteiger partial charge in [-0.1, -0.05) is 16.8 Å². The van der Waals surface area contributed by atoms with Crippen LogP contribution in [-0.4, -0.2) is 36.3 Å². The second-order valence-electron chi connectivity index (χ2n) is 5.18. The lowest BCUT2D eigenvalue weighted by atomic mass is 10.1. The summed E-state index contributed by atoms with van der Waals surface area (Å²) >= 11 is 6.16. The summed E-state index contributed by atoms with van der Waals surface area (Å²) in [5, 5.41) is 12.1. The standard InChI is InChI=1S/C13H18ClN3O2/c1-13(2)8-17(5-6-19-13)9-3-4-10(11(14)7-9)12(15)16-18/h3-4,7,18H,5-6,8H2,1-2H3,(H2,15,16). The number of nitrogens with zero attached hydrogens (tertiary/aromatic N) is 2. The molecule has 1 saturated heterocycles. The van der Waals surface area contributed by atoms with Crippen molar-refractivity contribution in [2.24, 2.45) is 10.9 Å². The van der Waals surface area contributed by atoms with Gasteiger partial charge in [0.25, 0.3) is 0 Å². The van der Waals surface area contributed by atoms with E-state index in [9.17, 15) is 0 Å². The molecule has 1 aliphatic rings. The van der Waals surface area contributed by atoms with Crippen LogP contribution in [0.25, 0.3) is 0 Å². The first kappa shape index (κ1) is 14.0. The van der Waals surface area contributed by atoms with Crippen LogP contribution >= 0.6 is 11.6 Å². The van der Waals surface area contributed by atoms with Crippen LogP contribution in [0.15, 0.2) is 23.4 Å². The van der Waals surface area contributed by atoms with Crippen molar-refractivity contribution < 1.29 is 9.94 Å². The SMILES string of the molecule is CC1(C)CN(c2ccc(C(N)=NO)c(Cl)c2)CCO1. The largest absolute Gasteiger partial charge is 0.409 e. The number of hydrogen-bond acceptors (Lipinski definition) is 4. The van der Waals surface area contributed by atoms with Gasteiger partial charge in [0, 0.05) is 24.3 Å². The minimum atomic E-state index is -0.172. The topological polar surface area (TPSA) is 71.1 Å². The van der Waals surface area contributed by atoms with Crippen molar-refractivity contribution in [3.8, 4) is 0 Å². The number of nitrogens with two attached hydrogens (primary N) is 1. The number of hydrogen-bond donors (Lipinski definition) is 2. The molecule has 1 aliphatic heterocycles. The first-order valence-electron chi connectivity index (χ1n) is 6.09. The summed E-state index contributed by atoms with van der Waals surface area (Å²) < 4.78 is 5.68. The summed E-state index contributed by atoms with van der Waals surface area (Å²) in [7, 11) is 0. The Hall–Kier alpha value is -1.46. The molecule has 1 aromatic rings. The zero-order chi connectivity index (χ0) is 14.0. The van der Waals surface area contributed by atoms with Gasteiger partial charge in [0.1, 0.15) is 0 Å². The van der Waals surface area contributed by atoms with E-state index < -0.39 is 0 Å². The first-order valence-corrected chi connectivity index (χ1v) is 6.47. The van der Waals surface area contributed by atoms with Crippen LogP contribution in [0.5, 0.6) is 0 Å². The fourth-order valence-electron chi connectivity index (χ4n) is 2.20. The van der Waals surface area contributed by atoms with Gasteiger partial charge in [-0.15, -0.1) is 0 Å². The van der Waals surface area contributed by atoms with Crippen LogP contribution in [0.2, 0.25) is 5.02 Å². The summed E-state index contributed by atoms with van der Waals surface area (Å²) in [4.78, 5) is 2.21. The Kier molecular flexibility index (Phi) is 3.87. The fraction of sp³-hybridized carbons (Fsp3) is 0.462. The molecule has 104 valence electrons. The van der Waals surface area contributed by atoms with Crippen LogP contribution in [-0.2, 0) is 4.74 Å². The summed E-state index contributed by atoms with van der Waals surface area (Å²) in [5.74, 6) is 0.0128. The highest BCUT2D eigenvalue weighted by atomic mass is 35.5. The first-order chi connectivity index (χ1) is 8.93. The minimum absolute atomic E-state index is 0.0128. The van der Waals surface area contributed by atoms with E-state index in [0.29, 0.717) is 17.2 Å².